The van der Waals surface area contributed by atoms with E-state index in [1.54, 1.807) is 6.92 Å². The maximum atomic E-state index is 13.0. The van der Waals surface area contributed by atoms with Crippen molar-refractivity contribution in [3.05, 3.63) is 60.3 Å². The normalized spacial score (nSPS) is 13.1. The highest BCUT2D eigenvalue weighted by molar-refractivity contribution is 5.87. The van der Waals surface area contributed by atoms with Gasteiger partial charge in [-0.2, -0.15) is 36.0 Å². The molecule has 3 rings (SSSR count). The molecule has 164 valence electrons. The molecular weight excluding hydrogens is 432 g/mol. The molecule has 0 aliphatic heterocycles. The van der Waals surface area contributed by atoms with Crippen molar-refractivity contribution in [3.8, 4) is 17.4 Å². The lowest BCUT2D eigenvalue weighted by Gasteiger charge is -2.13. The lowest BCUT2D eigenvalue weighted by molar-refractivity contribution is -0.143. The summed E-state index contributed by atoms with van der Waals surface area (Å²) in [5.74, 6) is -0.636. The number of alkyl halides is 6. The molecule has 1 atom stereocenters. The van der Waals surface area contributed by atoms with Crippen molar-refractivity contribution < 1.29 is 35.6 Å². The van der Waals surface area contributed by atoms with Crippen LogP contribution in [0, 0.1) is 0 Å². The van der Waals surface area contributed by atoms with Gasteiger partial charge >= 0.3 is 18.4 Å². The summed E-state index contributed by atoms with van der Waals surface area (Å²) in [7, 11) is 0. The number of halogens is 6. The average Bonchev–Trinajstić information content (AvgIpc) is 3.35. The largest absolute Gasteiger partial charge is 0.425 e. The highest BCUT2D eigenvalue weighted by atomic mass is 19.4. The third kappa shape index (κ3) is 4.92. The molecule has 3 aromatic rings. The van der Waals surface area contributed by atoms with Crippen molar-refractivity contribution >= 4 is 5.91 Å². The van der Waals surface area contributed by atoms with E-state index in [0.717, 1.165) is 17.1 Å². The fraction of sp³-hybridized carbons (Fsp3) is 0.222. The van der Waals surface area contributed by atoms with E-state index in [2.05, 4.69) is 27.0 Å². The van der Waals surface area contributed by atoms with Crippen molar-refractivity contribution in [2.24, 2.45) is 0 Å². The molecule has 0 radical (unpaired) electrons. The van der Waals surface area contributed by atoms with Crippen LogP contribution in [0.3, 0.4) is 0 Å². The highest BCUT2D eigenvalue weighted by Crippen LogP contribution is 2.38. The molecule has 1 N–H and O–H groups in total. The molecule has 1 aromatic carbocycles. The second kappa shape index (κ2) is 7.89. The second-order valence-corrected chi connectivity index (χ2v) is 6.29. The molecular formula is C18H13F6N5O2. The van der Waals surface area contributed by atoms with Crippen LogP contribution in [0.5, 0.6) is 0 Å². The summed E-state index contributed by atoms with van der Waals surface area (Å²) in [6.07, 6.45) is -6.64. The number of aromatic nitrogens is 4. The summed E-state index contributed by atoms with van der Waals surface area (Å²) in [5.41, 5.74) is -3.46. The Balaban J connectivity index is 1.94. The summed E-state index contributed by atoms with van der Waals surface area (Å²) in [5, 5.41) is 6.39. The molecule has 7 nitrogen and oxygen atoms in total. The van der Waals surface area contributed by atoms with Crippen molar-refractivity contribution in [3.63, 3.8) is 0 Å². The molecule has 0 saturated carbocycles. The molecule has 0 spiro atoms. The van der Waals surface area contributed by atoms with Crippen molar-refractivity contribution in [1.29, 1.82) is 0 Å². The third-order valence-electron chi connectivity index (χ3n) is 4.02. The quantitative estimate of drug-likeness (QED) is 0.467. The lowest BCUT2D eigenvalue weighted by Crippen LogP contribution is -2.24. The van der Waals surface area contributed by atoms with Gasteiger partial charge in [0.15, 0.2) is 5.82 Å². The molecule has 2 aromatic heterocycles. The predicted octanol–water partition coefficient (Wildman–Crippen LogP) is 4.32. The number of nitrogens with zero attached hydrogens (tertiary/aromatic N) is 4. The first-order valence-electron chi connectivity index (χ1n) is 8.49. The minimum atomic E-state index is -5.00. The Hall–Kier alpha value is -3.64. The SMILES string of the molecule is C=CC(=O)NC(C)c1cnc(-n2cnc(-c3cc(C(F)(F)F)cc(C(F)(F)F)c3)n2)o1. The molecule has 1 amide bonds. The first kappa shape index (κ1) is 22.1. The van der Waals surface area contributed by atoms with E-state index < -0.39 is 46.8 Å². The molecule has 0 aliphatic rings. The van der Waals surface area contributed by atoms with Gasteiger partial charge in [-0.15, -0.1) is 5.10 Å². The van der Waals surface area contributed by atoms with Crippen molar-refractivity contribution in [1.82, 2.24) is 25.1 Å². The zero-order chi connectivity index (χ0) is 23.0. The Kier molecular flexibility index (Phi) is 5.61. The number of rotatable bonds is 5. The number of hydrogen-bond donors (Lipinski definition) is 1. The van der Waals surface area contributed by atoms with E-state index in [1.165, 1.54) is 6.20 Å². The van der Waals surface area contributed by atoms with Gasteiger partial charge in [0.2, 0.25) is 5.91 Å². The molecule has 0 saturated heterocycles. The molecule has 0 aliphatic carbocycles. The smallest absolute Gasteiger partial charge is 0.416 e. The highest BCUT2D eigenvalue weighted by Gasteiger charge is 2.37. The summed E-state index contributed by atoms with van der Waals surface area (Å²) >= 11 is 0. The zero-order valence-corrected chi connectivity index (χ0v) is 15.6. The van der Waals surface area contributed by atoms with Crippen molar-refractivity contribution in [2.75, 3.05) is 0 Å². The number of carbonyl (C=O) groups excluding carboxylic acids is 1. The van der Waals surface area contributed by atoms with E-state index in [9.17, 15) is 31.1 Å². The topological polar surface area (TPSA) is 85.8 Å². The Bertz CT molecular complexity index is 1080. The van der Waals surface area contributed by atoms with Crippen LogP contribution in [0.25, 0.3) is 17.4 Å². The predicted molar refractivity (Wildman–Crippen MR) is 93.6 cm³/mol. The molecule has 13 heteroatoms. The maximum absolute atomic E-state index is 13.0. The minimum Gasteiger partial charge on any atom is -0.425 e. The van der Waals surface area contributed by atoms with Crippen LogP contribution in [-0.2, 0) is 17.1 Å². The van der Waals surface area contributed by atoms with Gasteiger partial charge in [-0.1, -0.05) is 6.58 Å². The van der Waals surface area contributed by atoms with Crippen LogP contribution in [0.1, 0.15) is 29.9 Å². The van der Waals surface area contributed by atoms with Gasteiger partial charge in [0.25, 0.3) is 0 Å². The van der Waals surface area contributed by atoms with E-state index in [-0.39, 0.29) is 17.8 Å². The Labute approximate surface area is 170 Å². The Morgan fingerprint density at radius 3 is 2.29 bits per heavy atom. The van der Waals surface area contributed by atoms with Crippen molar-refractivity contribution in [2.45, 2.75) is 25.3 Å². The number of benzene rings is 1. The standard InChI is InChI=1S/C18H13F6N5O2/c1-3-14(30)27-9(2)13-7-25-16(31-13)29-8-26-15(28-29)10-4-11(17(19,20)21)6-12(5-10)18(22,23)24/h3-9H,1H2,2H3,(H,27,30). The average molecular weight is 445 g/mol. The number of amides is 1. The van der Waals surface area contributed by atoms with Crippen LogP contribution in [0.2, 0.25) is 0 Å². The number of carbonyl (C=O) groups is 1. The molecule has 31 heavy (non-hydrogen) atoms. The van der Waals surface area contributed by atoms with Gasteiger partial charge < -0.3 is 9.73 Å². The summed E-state index contributed by atoms with van der Waals surface area (Å²) < 4.78 is 84.6. The monoisotopic (exact) mass is 445 g/mol. The fourth-order valence-electron chi connectivity index (χ4n) is 2.50. The summed E-state index contributed by atoms with van der Waals surface area (Å²) in [4.78, 5) is 19.0. The fourth-order valence-corrected chi connectivity index (χ4v) is 2.50. The van der Waals surface area contributed by atoms with E-state index >= 15 is 0 Å². The van der Waals surface area contributed by atoms with Gasteiger partial charge in [-0.05, 0) is 31.2 Å². The lowest BCUT2D eigenvalue weighted by atomic mass is 10.0. The third-order valence-corrected chi connectivity index (χ3v) is 4.02. The second-order valence-electron chi connectivity index (χ2n) is 6.29. The van der Waals surface area contributed by atoms with Gasteiger partial charge in [0.05, 0.1) is 23.4 Å². The van der Waals surface area contributed by atoms with E-state index in [4.69, 9.17) is 4.42 Å². The van der Waals surface area contributed by atoms with Gasteiger partial charge in [-0.3, -0.25) is 4.79 Å². The summed E-state index contributed by atoms with van der Waals surface area (Å²) in [6.45, 7) is 4.91. The number of hydrogen-bond acceptors (Lipinski definition) is 5. The molecule has 2 heterocycles. The zero-order valence-electron chi connectivity index (χ0n) is 15.6. The van der Waals surface area contributed by atoms with Gasteiger partial charge in [0, 0.05) is 5.56 Å². The Morgan fingerprint density at radius 1 is 1.13 bits per heavy atom. The number of nitrogens with one attached hydrogen (secondary N) is 1. The van der Waals surface area contributed by atoms with Crippen LogP contribution in [-0.4, -0.2) is 25.7 Å². The Morgan fingerprint density at radius 2 is 1.74 bits per heavy atom. The van der Waals surface area contributed by atoms with Crippen LogP contribution in [0.15, 0.2) is 47.8 Å². The van der Waals surface area contributed by atoms with E-state index in [0.29, 0.717) is 12.1 Å². The van der Waals surface area contributed by atoms with Gasteiger partial charge in [-0.25, -0.2) is 4.98 Å². The maximum Gasteiger partial charge on any atom is 0.416 e. The number of oxazole rings is 1. The molecule has 0 fully saturated rings. The van der Waals surface area contributed by atoms with E-state index in [1.807, 2.05) is 0 Å². The molecule has 1 unspecified atom stereocenters. The first-order chi connectivity index (χ1) is 14.4. The van der Waals surface area contributed by atoms with Crippen LogP contribution in [0.4, 0.5) is 26.3 Å². The minimum absolute atomic E-state index is 0.0137. The van der Waals surface area contributed by atoms with Gasteiger partial charge in [0.1, 0.15) is 12.1 Å². The first-order valence-corrected chi connectivity index (χ1v) is 8.49. The summed E-state index contributed by atoms with van der Waals surface area (Å²) in [6, 6.07) is 0.301. The van der Waals surface area contributed by atoms with Crippen LogP contribution >= 0.6 is 0 Å². The van der Waals surface area contributed by atoms with Crippen LogP contribution < -0.4 is 5.32 Å². The molecule has 0 bridgehead atoms.